The number of carbonyl (C=O) groups is 1. The van der Waals surface area contributed by atoms with Crippen molar-refractivity contribution in [2.75, 3.05) is 0 Å². The number of aliphatic hydroxyl groups is 1. The van der Waals surface area contributed by atoms with E-state index in [0.29, 0.717) is 22.5 Å². The lowest BCUT2D eigenvalue weighted by molar-refractivity contribution is 0.0467. The predicted octanol–water partition coefficient (Wildman–Crippen LogP) is 1.85. The predicted molar refractivity (Wildman–Crippen MR) is 87.7 cm³/mol. The Morgan fingerprint density at radius 3 is 2.67 bits per heavy atom. The van der Waals surface area contributed by atoms with Gasteiger partial charge in [-0.1, -0.05) is 18.2 Å². The molecule has 0 saturated heterocycles. The van der Waals surface area contributed by atoms with Gasteiger partial charge in [-0.3, -0.25) is 9.20 Å². The molecule has 0 saturated carbocycles. The molecule has 0 bridgehead atoms. The van der Waals surface area contributed by atoms with E-state index >= 15 is 0 Å². The van der Waals surface area contributed by atoms with Gasteiger partial charge in [0.15, 0.2) is 0 Å². The van der Waals surface area contributed by atoms with Crippen LogP contribution in [0.15, 0.2) is 53.5 Å². The monoisotopic (exact) mass is 324 g/mol. The SMILES string of the molecule is Cc1ccc2nc(COC(=O)c3ccc(CO)cc3)cc(=O)n2c1. The first kappa shape index (κ1) is 15.9. The molecule has 0 aliphatic heterocycles. The van der Waals surface area contributed by atoms with Gasteiger partial charge in [-0.2, -0.15) is 0 Å². The van der Waals surface area contributed by atoms with Crippen LogP contribution < -0.4 is 5.56 Å². The molecule has 6 nitrogen and oxygen atoms in total. The molecule has 24 heavy (non-hydrogen) atoms. The Kier molecular flexibility index (Phi) is 4.39. The second-order valence-electron chi connectivity index (χ2n) is 5.45. The van der Waals surface area contributed by atoms with Crippen molar-refractivity contribution < 1.29 is 14.6 Å². The van der Waals surface area contributed by atoms with Gasteiger partial charge in [0.05, 0.1) is 17.9 Å². The summed E-state index contributed by atoms with van der Waals surface area (Å²) in [6.45, 7) is 1.73. The number of benzene rings is 1. The third kappa shape index (κ3) is 3.33. The number of esters is 1. The number of rotatable bonds is 4. The van der Waals surface area contributed by atoms with Crippen LogP contribution in [0.25, 0.3) is 5.65 Å². The first-order valence-corrected chi connectivity index (χ1v) is 7.43. The van der Waals surface area contributed by atoms with Crippen LogP contribution in [-0.2, 0) is 18.0 Å². The summed E-state index contributed by atoms with van der Waals surface area (Å²) in [5.41, 5.74) is 2.72. The lowest BCUT2D eigenvalue weighted by atomic mass is 10.1. The molecule has 0 unspecified atom stereocenters. The number of ether oxygens (including phenoxy) is 1. The highest BCUT2D eigenvalue weighted by Crippen LogP contribution is 2.08. The highest BCUT2D eigenvalue weighted by molar-refractivity contribution is 5.89. The fourth-order valence-electron chi connectivity index (χ4n) is 2.30. The average molecular weight is 324 g/mol. The summed E-state index contributed by atoms with van der Waals surface area (Å²) in [6, 6.07) is 11.4. The van der Waals surface area contributed by atoms with Crippen molar-refractivity contribution in [3.63, 3.8) is 0 Å². The number of fused-ring (bicyclic) bond motifs is 1. The Bertz CT molecular complexity index is 945. The molecule has 2 aromatic heterocycles. The van der Waals surface area contributed by atoms with E-state index in [-0.39, 0.29) is 18.8 Å². The summed E-state index contributed by atoms with van der Waals surface area (Å²) in [4.78, 5) is 28.4. The molecule has 1 aromatic carbocycles. The molecule has 1 N–H and O–H groups in total. The Labute approximate surface area is 138 Å². The minimum Gasteiger partial charge on any atom is -0.456 e. The second kappa shape index (κ2) is 6.64. The third-order valence-electron chi connectivity index (χ3n) is 3.58. The minimum atomic E-state index is -0.509. The minimum absolute atomic E-state index is 0.0831. The Morgan fingerprint density at radius 2 is 1.96 bits per heavy atom. The van der Waals surface area contributed by atoms with Gasteiger partial charge in [0, 0.05) is 12.3 Å². The van der Waals surface area contributed by atoms with Crippen molar-refractivity contribution >= 4 is 11.6 Å². The zero-order chi connectivity index (χ0) is 17.1. The Hall–Kier alpha value is -2.99. The van der Waals surface area contributed by atoms with Crippen molar-refractivity contribution in [1.82, 2.24) is 9.38 Å². The normalized spacial score (nSPS) is 10.8. The van der Waals surface area contributed by atoms with Crippen LogP contribution in [0.5, 0.6) is 0 Å². The number of aromatic nitrogens is 2. The molecule has 0 radical (unpaired) electrons. The highest BCUT2D eigenvalue weighted by atomic mass is 16.5. The molecule has 0 aliphatic rings. The largest absolute Gasteiger partial charge is 0.456 e. The van der Waals surface area contributed by atoms with Gasteiger partial charge in [0.1, 0.15) is 12.3 Å². The van der Waals surface area contributed by atoms with Gasteiger partial charge in [-0.05, 0) is 36.2 Å². The van der Waals surface area contributed by atoms with Crippen LogP contribution in [0.3, 0.4) is 0 Å². The van der Waals surface area contributed by atoms with Crippen LogP contribution in [-0.4, -0.2) is 20.5 Å². The summed E-state index contributed by atoms with van der Waals surface area (Å²) >= 11 is 0. The number of hydrogen-bond acceptors (Lipinski definition) is 5. The molecule has 3 aromatic rings. The van der Waals surface area contributed by atoms with E-state index in [4.69, 9.17) is 9.84 Å². The molecule has 0 fully saturated rings. The van der Waals surface area contributed by atoms with E-state index in [1.54, 1.807) is 36.5 Å². The van der Waals surface area contributed by atoms with Gasteiger partial charge < -0.3 is 9.84 Å². The fraction of sp³-hybridized carbons (Fsp3) is 0.167. The number of carbonyl (C=O) groups excluding carboxylic acids is 1. The number of nitrogens with zero attached hydrogens (tertiary/aromatic N) is 2. The first-order valence-electron chi connectivity index (χ1n) is 7.43. The maximum Gasteiger partial charge on any atom is 0.338 e. The van der Waals surface area contributed by atoms with E-state index in [9.17, 15) is 9.59 Å². The molecule has 0 aliphatic carbocycles. The molecule has 0 atom stereocenters. The zero-order valence-corrected chi connectivity index (χ0v) is 13.1. The van der Waals surface area contributed by atoms with E-state index in [2.05, 4.69) is 4.98 Å². The summed E-state index contributed by atoms with van der Waals surface area (Å²) in [6.07, 6.45) is 1.71. The average Bonchev–Trinajstić information content (AvgIpc) is 2.60. The fourth-order valence-corrected chi connectivity index (χ4v) is 2.30. The summed E-state index contributed by atoms with van der Waals surface area (Å²) in [7, 11) is 0. The maximum absolute atomic E-state index is 12.1. The van der Waals surface area contributed by atoms with Crippen LogP contribution >= 0.6 is 0 Å². The van der Waals surface area contributed by atoms with Gasteiger partial charge in [-0.25, -0.2) is 9.78 Å². The molecule has 122 valence electrons. The lowest BCUT2D eigenvalue weighted by Crippen LogP contribution is -2.17. The van der Waals surface area contributed by atoms with E-state index in [1.165, 1.54) is 10.5 Å². The standard InChI is InChI=1S/C18H16N2O4/c1-12-2-7-16-19-15(8-17(22)20(16)9-12)11-24-18(23)14-5-3-13(10-21)4-6-14/h2-9,21H,10-11H2,1H3. The Morgan fingerprint density at radius 1 is 1.21 bits per heavy atom. The number of pyridine rings is 1. The van der Waals surface area contributed by atoms with Crippen LogP contribution in [0.2, 0.25) is 0 Å². The summed E-state index contributed by atoms with van der Waals surface area (Å²) < 4.78 is 6.66. The Balaban J connectivity index is 1.76. The molecular weight excluding hydrogens is 308 g/mol. The lowest BCUT2D eigenvalue weighted by Gasteiger charge is -2.07. The van der Waals surface area contributed by atoms with Crippen molar-refractivity contribution in [3.05, 3.63) is 81.4 Å². The van der Waals surface area contributed by atoms with E-state index < -0.39 is 5.97 Å². The number of aliphatic hydroxyl groups excluding tert-OH is 1. The maximum atomic E-state index is 12.1. The number of aryl methyl sites for hydroxylation is 1. The van der Waals surface area contributed by atoms with Gasteiger partial charge in [0.2, 0.25) is 0 Å². The van der Waals surface area contributed by atoms with E-state index in [0.717, 1.165) is 5.56 Å². The van der Waals surface area contributed by atoms with Crippen molar-refractivity contribution in [1.29, 1.82) is 0 Å². The molecule has 3 rings (SSSR count). The number of hydrogen-bond donors (Lipinski definition) is 1. The van der Waals surface area contributed by atoms with Crippen molar-refractivity contribution in [2.24, 2.45) is 0 Å². The third-order valence-corrected chi connectivity index (χ3v) is 3.58. The van der Waals surface area contributed by atoms with Crippen LogP contribution in [0.4, 0.5) is 0 Å². The molecular formula is C18H16N2O4. The van der Waals surface area contributed by atoms with Gasteiger partial charge >= 0.3 is 5.97 Å². The van der Waals surface area contributed by atoms with E-state index in [1.807, 2.05) is 13.0 Å². The highest BCUT2D eigenvalue weighted by Gasteiger charge is 2.09. The molecule has 2 heterocycles. The molecule has 6 heteroatoms. The van der Waals surface area contributed by atoms with Crippen LogP contribution in [0, 0.1) is 6.92 Å². The first-order chi connectivity index (χ1) is 11.6. The van der Waals surface area contributed by atoms with Crippen molar-refractivity contribution in [2.45, 2.75) is 20.1 Å². The second-order valence-corrected chi connectivity index (χ2v) is 5.45. The zero-order valence-electron chi connectivity index (χ0n) is 13.1. The molecule has 0 spiro atoms. The van der Waals surface area contributed by atoms with Crippen LogP contribution in [0.1, 0.15) is 27.2 Å². The smallest absolute Gasteiger partial charge is 0.338 e. The topological polar surface area (TPSA) is 80.9 Å². The van der Waals surface area contributed by atoms with Gasteiger partial charge in [-0.15, -0.1) is 0 Å². The summed E-state index contributed by atoms with van der Waals surface area (Å²) in [5, 5.41) is 8.99. The van der Waals surface area contributed by atoms with Gasteiger partial charge in [0.25, 0.3) is 5.56 Å². The quantitative estimate of drug-likeness (QED) is 0.741. The summed E-state index contributed by atoms with van der Waals surface area (Å²) in [5.74, 6) is -0.509. The van der Waals surface area contributed by atoms with Crippen molar-refractivity contribution in [3.8, 4) is 0 Å². The molecule has 0 amide bonds.